The van der Waals surface area contributed by atoms with Crippen LogP contribution in [0.2, 0.25) is 0 Å². The topological polar surface area (TPSA) is 116 Å². The number of aliphatic hydroxyl groups is 3. The average molecular weight is 204 g/mol. The molecule has 6 nitrogen and oxygen atoms in total. The highest BCUT2D eigenvalue weighted by Crippen LogP contribution is 2.25. The van der Waals surface area contributed by atoms with Crippen LogP contribution in [0.1, 0.15) is 6.92 Å². The SMILES string of the molecule is CC(=O)N[C@H]1[C@H](N)[C@H](CO)[C@@H](O)[C@@H]1O. The maximum atomic E-state index is 10.8. The maximum Gasteiger partial charge on any atom is 0.217 e. The van der Waals surface area contributed by atoms with Gasteiger partial charge in [-0.05, 0) is 0 Å². The van der Waals surface area contributed by atoms with Gasteiger partial charge in [-0.25, -0.2) is 0 Å². The minimum atomic E-state index is -1.12. The number of aliphatic hydroxyl groups excluding tert-OH is 3. The van der Waals surface area contributed by atoms with E-state index in [0.29, 0.717) is 0 Å². The summed E-state index contributed by atoms with van der Waals surface area (Å²) in [6, 6.07) is -1.33. The van der Waals surface area contributed by atoms with Gasteiger partial charge in [0, 0.05) is 18.9 Å². The second-order valence-electron chi connectivity index (χ2n) is 3.63. The van der Waals surface area contributed by atoms with Gasteiger partial charge in [0.25, 0.3) is 0 Å². The van der Waals surface area contributed by atoms with Crippen LogP contribution in [0.25, 0.3) is 0 Å². The van der Waals surface area contributed by atoms with Gasteiger partial charge < -0.3 is 26.4 Å². The molecule has 82 valence electrons. The van der Waals surface area contributed by atoms with Crippen molar-refractivity contribution in [2.45, 2.75) is 31.2 Å². The highest BCUT2D eigenvalue weighted by atomic mass is 16.3. The van der Waals surface area contributed by atoms with Crippen molar-refractivity contribution in [2.24, 2.45) is 11.7 Å². The number of carbonyl (C=O) groups is 1. The van der Waals surface area contributed by atoms with E-state index in [1.54, 1.807) is 0 Å². The number of hydrogen-bond donors (Lipinski definition) is 5. The molecule has 1 aliphatic carbocycles. The van der Waals surface area contributed by atoms with E-state index in [1.807, 2.05) is 0 Å². The lowest BCUT2D eigenvalue weighted by Crippen LogP contribution is -2.50. The van der Waals surface area contributed by atoms with E-state index < -0.39 is 30.2 Å². The lowest BCUT2D eigenvalue weighted by Gasteiger charge is -2.20. The monoisotopic (exact) mass is 204 g/mol. The highest BCUT2D eigenvalue weighted by molar-refractivity contribution is 5.73. The molecular formula is C8H16N2O4. The average Bonchev–Trinajstić information content (AvgIpc) is 2.30. The zero-order valence-corrected chi connectivity index (χ0v) is 7.92. The molecule has 0 aromatic carbocycles. The van der Waals surface area contributed by atoms with Crippen LogP contribution in [0.3, 0.4) is 0 Å². The normalized spacial score (nSPS) is 42.5. The van der Waals surface area contributed by atoms with E-state index in [-0.39, 0.29) is 12.5 Å². The first-order valence-electron chi connectivity index (χ1n) is 4.48. The second kappa shape index (κ2) is 4.22. The Bertz CT molecular complexity index is 223. The Morgan fingerprint density at radius 3 is 2.36 bits per heavy atom. The van der Waals surface area contributed by atoms with Gasteiger partial charge in [-0.15, -0.1) is 0 Å². The molecule has 0 aromatic heterocycles. The molecule has 0 heterocycles. The van der Waals surface area contributed by atoms with Gasteiger partial charge >= 0.3 is 0 Å². The van der Waals surface area contributed by atoms with Gasteiger partial charge in [0.15, 0.2) is 0 Å². The summed E-state index contributed by atoms with van der Waals surface area (Å²) in [5, 5.41) is 30.4. The van der Waals surface area contributed by atoms with Crippen LogP contribution in [0, 0.1) is 5.92 Å². The first kappa shape index (κ1) is 11.4. The number of carbonyl (C=O) groups excluding carboxylic acids is 1. The second-order valence-corrected chi connectivity index (χ2v) is 3.63. The molecule has 1 saturated carbocycles. The largest absolute Gasteiger partial charge is 0.396 e. The van der Waals surface area contributed by atoms with Gasteiger partial charge in [-0.3, -0.25) is 4.79 Å². The summed E-state index contributed by atoms with van der Waals surface area (Å²) >= 11 is 0. The minimum Gasteiger partial charge on any atom is -0.396 e. The Morgan fingerprint density at radius 2 is 2.00 bits per heavy atom. The minimum absolute atomic E-state index is 0.310. The Labute approximate surface area is 81.7 Å². The third-order valence-electron chi connectivity index (χ3n) is 2.65. The third-order valence-corrected chi connectivity index (χ3v) is 2.65. The molecule has 14 heavy (non-hydrogen) atoms. The lowest BCUT2D eigenvalue weighted by atomic mass is 10.0. The molecule has 5 atom stereocenters. The van der Waals surface area contributed by atoms with Gasteiger partial charge in [-0.1, -0.05) is 0 Å². The van der Waals surface area contributed by atoms with Gasteiger partial charge in [0.05, 0.1) is 18.8 Å². The zero-order valence-electron chi connectivity index (χ0n) is 7.92. The quantitative estimate of drug-likeness (QED) is 0.332. The predicted octanol–water partition coefficient (Wildman–Crippen LogP) is -2.84. The van der Waals surface area contributed by atoms with E-state index in [4.69, 9.17) is 10.8 Å². The van der Waals surface area contributed by atoms with E-state index >= 15 is 0 Å². The van der Waals surface area contributed by atoms with Gasteiger partial charge in [0.2, 0.25) is 5.91 Å². The van der Waals surface area contributed by atoms with Crippen molar-refractivity contribution >= 4 is 5.91 Å². The molecule has 0 saturated heterocycles. The number of rotatable bonds is 2. The Morgan fingerprint density at radius 1 is 1.43 bits per heavy atom. The molecule has 6 heteroatoms. The molecule has 0 aliphatic heterocycles. The third kappa shape index (κ3) is 1.88. The number of nitrogens with two attached hydrogens (primary N) is 1. The van der Waals surface area contributed by atoms with E-state index in [0.717, 1.165) is 0 Å². The van der Waals surface area contributed by atoms with E-state index in [2.05, 4.69) is 5.32 Å². The molecule has 0 bridgehead atoms. The molecule has 0 unspecified atom stereocenters. The molecule has 0 aromatic rings. The summed E-state index contributed by atoms with van der Waals surface area (Å²) < 4.78 is 0. The molecule has 0 radical (unpaired) electrons. The fraction of sp³-hybridized carbons (Fsp3) is 0.875. The fourth-order valence-corrected chi connectivity index (χ4v) is 1.83. The molecule has 1 rings (SSSR count). The molecule has 1 fully saturated rings. The lowest BCUT2D eigenvalue weighted by molar-refractivity contribution is -0.120. The molecular weight excluding hydrogens is 188 g/mol. The zero-order chi connectivity index (χ0) is 10.9. The Balaban J connectivity index is 2.72. The summed E-state index contributed by atoms with van der Waals surface area (Å²) in [6.07, 6.45) is -2.21. The van der Waals surface area contributed by atoms with Crippen LogP contribution < -0.4 is 11.1 Å². The summed E-state index contributed by atoms with van der Waals surface area (Å²) in [7, 11) is 0. The molecule has 1 aliphatic rings. The standard InChI is InChI=1S/C8H16N2O4/c1-3(12)10-6-5(9)4(2-11)7(13)8(6)14/h4-8,11,13-14H,2,9H2,1H3,(H,10,12)/t4-,5+,6-,7+,8+/m0/s1. The molecule has 1 amide bonds. The summed E-state index contributed by atoms with van der Waals surface area (Å²) in [5.41, 5.74) is 5.67. The van der Waals surface area contributed by atoms with E-state index in [9.17, 15) is 15.0 Å². The van der Waals surface area contributed by atoms with Crippen molar-refractivity contribution < 1.29 is 20.1 Å². The molecule has 6 N–H and O–H groups in total. The van der Waals surface area contributed by atoms with E-state index in [1.165, 1.54) is 6.92 Å². The number of amides is 1. The van der Waals surface area contributed by atoms with Crippen LogP contribution in [-0.2, 0) is 4.79 Å². The fourth-order valence-electron chi connectivity index (χ4n) is 1.83. The number of hydrogen-bond acceptors (Lipinski definition) is 5. The van der Waals surface area contributed by atoms with Crippen molar-refractivity contribution in [1.82, 2.24) is 5.32 Å². The van der Waals surface area contributed by atoms with Crippen molar-refractivity contribution in [3.05, 3.63) is 0 Å². The van der Waals surface area contributed by atoms with Crippen molar-refractivity contribution in [3.8, 4) is 0 Å². The summed E-state index contributed by atoms with van der Waals surface area (Å²) in [4.78, 5) is 10.8. The van der Waals surface area contributed by atoms with Crippen LogP contribution in [0.5, 0.6) is 0 Å². The Kier molecular flexibility index (Phi) is 3.43. The Hall–Kier alpha value is -0.690. The van der Waals surface area contributed by atoms with Crippen molar-refractivity contribution in [1.29, 1.82) is 0 Å². The van der Waals surface area contributed by atoms with Crippen LogP contribution in [-0.4, -0.2) is 52.1 Å². The first-order valence-corrected chi connectivity index (χ1v) is 4.48. The van der Waals surface area contributed by atoms with Gasteiger partial charge in [0.1, 0.15) is 6.10 Å². The maximum absolute atomic E-state index is 10.8. The van der Waals surface area contributed by atoms with Crippen LogP contribution in [0.15, 0.2) is 0 Å². The highest BCUT2D eigenvalue weighted by Gasteiger charge is 2.47. The smallest absolute Gasteiger partial charge is 0.217 e. The summed E-state index contributed by atoms with van der Waals surface area (Å²) in [5.74, 6) is -0.919. The predicted molar refractivity (Wildman–Crippen MR) is 48.2 cm³/mol. The number of nitrogens with one attached hydrogen (secondary N) is 1. The van der Waals surface area contributed by atoms with Crippen molar-refractivity contribution in [2.75, 3.05) is 6.61 Å². The van der Waals surface area contributed by atoms with Crippen molar-refractivity contribution in [3.63, 3.8) is 0 Å². The summed E-state index contributed by atoms with van der Waals surface area (Å²) in [6.45, 7) is 0.994. The molecule has 0 spiro atoms. The first-order chi connectivity index (χ1) is 6.49. The van der Waals surface area contributed by atoms with Crippen LogP contribution >= 0.6 is 0 Å². The van der Waals surface area contributed by atoms with Crippen LogP contribution in [0.4, 0.5) is 0 Å². The van der Waals surface area contributed by atoms with Gasteiger partial charge in [-0.2, -0.15) is 0 Å².